The van der Waals surface area contributed by atoms with Gasteiger partial charge in [0.1, 0.15) is 5.58 Å². The van der Waals surface area contributed by atoms with E-state index in [9.17, 15) is 4.79 Å². The van der Waals surface area contributed by atoms with Gasteiger partial charge in [-0.3, -0.25) is 0 Å². The van der Waals surface area contributed by atoms with Gasteiger partial charge in [0.25, 0.3) is 0 Å². The molecular formula is C11H11NO2S. The van der Waals surface area contributed by atoms with Crippen LogP contribution in [0.3, 0.4) is 0 Å². The molecule has 0 bridgehead atoms. The van der Waals surface area contributed by atoms with Crippen molar-refractivity contribution in [2.45, 2.75) is 12.3 Å². The molecule has 3 nitrogen and oxygen atoms in total. The molecule has 1 aromatic heterocycles. The maximum Gasteiger partial charge on any atom is 0.396 e. The number of hydrogen-bond donors (Lipinski definition) is 1. The summed E-state index contributed by atoms with van der Waals surface area (Å²) in [6.07, 6.45) is 1.17. The van der Waals surface area contributed by atoms with Crippen LogP contribution in [0.4, 0.5) is 0 Å². The summed E-state index contributed by atoms with van der Waals surface area (Å²) in [7, 11) is 0. The third-order valence-electron chi connectivity index (χ3n) is 2.89. The first-order valence-electron chi connectivity index (χ1n) is 5.07. The van der Waals surface area contributed by atoms with Crippen molar-refractivity contribution in [1.82, 2.24) is 5.32 Å². The van der Waals surface area contributed by atoms with Gasteiger partial charge in [0.05, 0.1) is 4.70 Å². The lowest BCUT2D eigenvalue weighted by Crippen LogP contribution is -2.07. The average Bonchev–Trinajstić information content (AvgIpc) is 2.82. The van der Waals surface area contributed by atoms with Crippen molar-refractivity contribution < 1.29 is 4.42 Å². The van der Waals surface area contributed by atoms with Crippen molar-refractivity contribution in [3.63, 3.8) is 0 Å². The van der Waals surface area contributed by atoms with Crippen molar-refractivity contribution in [1.29, 1.82) is 0 Å². The zero-order valence-electron chi connectivity index (χ0n) is 8.16. The van der Waals surface area contributed by atoms with Crippen LogP contribution in [0.2, 0.25) is 0 Å². The predicted octanol–water partition coefficient (Wildman–Crippen LogP) is 1.93. The lowest BCUT2D eigenvalue weighted by atomic mass is 9.98. The second-order valence-corrected chi connectivity index (χ2v) is 4.83. The fourth-order valence-electron chi connectivity index (χ4n) is 2.08. The first-order chi connectivity index (χ1) is 7.33. The summed E-state index contributed by atoms with van der Waals surface area (Å²) in [6.45, 7) is 2.11. The summed E-state index contributed by atoms with van der Waals surface area (Å²) in [4.78, 5) is 10.8. The fourth-order valence-corrected chi connectivity index (χ4v) is 2.73. The van der Waals surface area contributed by atoms with E-state index in [1.165, 1.54) is 23.3 Å². The van der Waals surface area contributed by atoms with E-state index in [-0.39, 0.29) is 4.94 Å². The predicted molar refractivity (Wildman–Crippen MR) is 60.6 cm³/mol. The Bertz CT molecular complexity index is 537. The van der Waals surface area contributed by atoms with E-state index in [0.717, 1.165) is 23.4 Å². The standard InChI is InChI=1S/C11H11NO2S/c13-11-14-9-5-7(1-2-10(9)15-11)8-3-4-12-6-8/h1-2,5,8,12H,3-4,6H2. The van der Waals surface area contributed by atoms with Crippen LogP contribution < -0.4 is 10.3 Å². The fraction of sp³-hybridized carbons (Fsp3) is 0.364. The maximum atomic E-state index is 11.1. The van der Waals surface area contributed by atoms with Crippen LogP contribution in [-0.4, -0.2) is 13.1 Å². The smallest absolute Gasteiger partial charge is 0.396 e. The molecule has 0 saturated carbocycles. The van der Waals surface area contributed by atoms with Crippen LogP contribution in [-0.2, 0) is 0 Å². The normalized spacial score (nSPS) is 21.2. The molecule has 0 amide bonds. The molecule has 1 aliphatic rings. The first kappa shape index (κ1) is 9.12. The molecule has 0 aliphatic carbocycles. The Labute approximate surface area is 90.7 Å². The molecule has 4 heteroatoms. The van der Waals surface area contributed by atoms with Gasteiger partial charge in [-0.1, -0.05) is 17.4 Å². The summed E-state index contributed by atoms with van der Waals surface area (Å²) in [6, 6.07) is 6.09. The molecule has 78 valence electrons. The second kappa shape index (κ2) is 3.47. The van der Waals surface area contributed by atoms with E-state index in [4.69, 9.17) is 4.42 Å². The van der Waals surface area contributed by atoms with E-state index in [2.05, 4.69) is 11.4 Å². The molecule has 1 fully saturated rings. The largest absolute Gasteiger partial charge is 0.414 e. The van der Waals surface area contributed by atoms with Crippen LogP contribution in [0.25, 0.3) is 10.3 Å². The molecule has 15 heavy (non-hydrogen) atoms. The number of fused-ring (bicyclic) bond motifs is 1. The minimum Gasteiger partial charge on any atom is -0.414 e. The molecule has 3 rings (SSSR count). The number of hydrogen-bond acceptors (Lipinski definition) is 4. The van der Waals surface area contributed by atoms with E-state index >= 15 is 0 Å². The molecule has 1 unspecified atom stereocenters. The topological polar surface area (TPSA) is 42.2 Å². The molecule has 1 aromatic carbocycles. The number of benzene rings is 1. The maximum absolute atomic E-state index is 11.1. The zero-order chi connectivity index (χ0) is 10.3. The van der Waals surface area contributed by atoms with Gasteiger partial charge in [-0.2, -0.15) is 0 Å². The Kier molecular flexibility index (Phi) is 2.11. The van der Waals surface area contributed by atoms with Crippen LogP contribution in [0.1, 0.15) is 17.9 Å². The highest BCUT2D eigenvalue weighted by Crippen LogP contribution is 2.26. The van der Waals surface area contributed by atoms with Crippen LogP contribution >= 0.6 is 11.3 Å². The van der Waals surface area contributed by atoms with Gasteiger partial charge in [0.2, 0.25) is 0 Å². The second-order valence-electron chi connectivity index (χ2n) is 3.85. The lowest BCUT2D eigenvalue weighted by Gasteiger charge is -2.07. The van der Waals surface area contributed by atoms with Crippen molar-refractivity contribution in [2.24, 2.45) is 0 Å². The molecule has 0 spiro atoms. The molecule has 2 heterocycles. The van der Waals surface area contributed by atoms with Crippen molar-refractivity contribution in [3.05, 3.63) is 33.5 Å². The van der Waals surface area contributed by atoms with Gasteiger partial charge >= 0.3 is 4.94 Å². The van der Waals surface area contributed by atoms with E-state index < -0.39 is 0 Å². The highest BCUT2D eigenvalue weighted by molar-refractivity contribution is 7.16. The van der Waals surface area contributed by atoms with E-state index in [0.29, 0.717) is 5.92 Å². The molecular weight excluding hydrogens is 210 g/mol. The van der Waals surface area contributed by atoms with Gasteiger partial charge in [-0.15, -0.1) is 0 Å². The van der Waals surface area contributed by atoms with Crippen molar-refractivity contribution >= 4 is 21.6 Å². The SMILES string of the molecule is O=c1oc2cc(C3CCNC3)ccc2s1. The summed E-state index contributed by atoms with van der Waals surface area (Å²) in [5.74, 6) is 0.569. The van der Waals surface area contributed by atoms with Crippen LogP contribution in [0.5, 0.6) is 0 Å². The van der Waals surface area contributed by atoms with Gasteiger partial charge in [-0.25, -0.2) is 4.79 Å². The third-order valence-corrected chi connectivity index (χ3v) is 3.69. The van der Waals surface area contributed by atoms with E-state index in [1.807, 2.05) is 12.1 Å². The summed E-state index contributed by atoms with van der Waals surface area (Å²) < 4.78 is 6.05. The molecule has 2 aromatic rings. The minimum atomic E-state index is -0.216. The highest BCUT2D eigenvalue weighted by atomic mass is 32.1. The Hall–Kier alpha value is -1.13. The monoisotopic (exact) mass is 221 g/mol. The quantitative estimate of drug-likeness (QED) is 0.800. The third kappa shape index (κ3) is 1.60. The Morgan fingerprint density at radius 3 is 3.20 bits per heavy atom. The highest BCUT2D eigenvalue weighted by Gasteiger charge is 2.17. The summed E-state index contributed by atoms with van der Waals surface area (Å²) in [5.41, 5.74) is 2.00. The average molecular weight is 221 g/mol. The van der Waals surface area contributed by atoms with Gasteiger partial charge in [0.15, 0.2) is 0 Å². The molecule has 1 N–H and O–H groups in total. The van der Waals surface area contributed by atoms with Gasteiger partial charge < -0.3 is 9.73 Å². The number of rotatable bonds is 1. The van der Waals surface area contributed by atoms with Crippen molar-refractivity contribution in [3.8, 4) is 0 Å². The van der Waals surface area contributed by atoms with Gasteiger partial charge in [0, 0.05) is 6.54 Å². The van der Waals surface area contributed by atoms with Crippen LogP contribution in [0.15, 0.2) is 27.4 Å². The number of nitrogens with one attached hydrogen (secondary N) is 1. The Balaban J connectivity index is 2.08. The molecule has 1 aliphatic heterocycles. The van der Waals surface area contributed by atoms with Gasteiger partial charge in [-0.05, 0) is 36.6 Å². The molecule has 0 radical (unpaired) electrons. The molecule has 1 saturated heterocycles. The lowest BCUT2D eigenvalue weighted by molar-refractivity contribution is 0.584. The summed E-state index contributed by atoms with van der Waals surface area (Å²) in [5, 5.41) is 3.33. The van der Waals surface area contributed by atoms with E-state index in [1.54, 1.807) is 0 Å². The minimum absolute atomic E-state index is 0.216. The Morgan fingerprint density at radius 1 is 1.47 bits per heavy atom. The zero-order valence-corrected chi connectivity index (χ0v) is 8.97. The van der Waals surface area contributed by atoms with Crippen LogP contribution in [0, 0.1) is 0 Å². The molecule has 1 atom stereocenters. The van der Waals surface area contributed by atoms with Crippen molar-refractivity contribution in [2.75, 3.05) is 13.1 Å². The Morgan fingerprint density at radius 2 is 2.40 bits per heavy atom. The first-order valence-corrected chi connectivity index (χ1v) is 5.89. The summed E-state index contributed by atoms with van der Waals surface area (Å²) >= 11 is 1.17.